The summed E-state index contributed by atoms with van der Waals surface area (Å²) in [5.74, 6) is -5.46. The second kappa shape index (κ2) is 8.06. The summed E-state index contributed by atoms with van der Waals surface area (Å²) in [6.45, 7) is -0.572. The number of carbonyl (C=O) groups excluding carboxylic acids is 1. The predicted molar refractivity (Wildman–Crippen MR) is 100 cm³/mol. The number of hydrogen-bond donors (Lipinski definition) is 7. The quantitative estimate of drug-likeness (QED) is 0.282. The highest BCUT2D eigenvalue weighted by Gasteiger charge is 2.38. The van der Waals surface area contributed by atoms with Gasteiger partial charge in [0.25, 0.3) is 5.91 Å². The maximum atomic E-state index is 13.6. The molecule has 154 valence electrons. The topological polar surface area (TPSA) is 159 Å². The number of benzene rings is 1. The van der Waals surface area contributed by atoms with Crippen molar-refractivity contribution in [3.63, 3.8) is 0 Å². The summed E-state index contributed by atoms with van der Waals surface area (Å²) in [6.07, 6.45) is 0. The van der Waals surface area contributed by atoms with E-state index in [4.69, 9.17) is 16.7 Å². The molecule has 0 spiro atoms. The van der Waals surface area contributed by atoms with Crippen LogP contribution >= 0.6 is 22.9 Å². The summed E-state index contributed by atoms with van der Waals surface area (Å²) < 4.78 is 13.6. The highest BCUT2D eigenvalue weighted by atomic mass is 35.5. The van der Waals surface area contributed by atoms with Gasteiger partial charge < -0.3 is 35.8 Å². The molecule has 29 heavy (non-hydrogen) atoms. The summed E-state index contributed by atoms with van der Waals surface area (Å²) >= 11 is 6.31. The minimum absolute atomic E-state index is 0.00965. The molecule has 7 N–H and O–H groups in total. The fraction of sp³-hybridized carbons (Fsp3) is 0.176. The Kier molecular flexibility index (Phi) is 5.89. The van der Waals surface area contributed by atoms with Gasteiger partial charge in [0.1, 0.15) is 16.5 Å². The number of aromatic amines is 1. The van der Waals surface area contributed by atoms with Gasteiger partial charge in [-0.1, -0.05) is 17.7 Å². The van der Waals surface area contributed by atoms with Crippen molar-refractivity contribution in [3.8, 4) is 17.1 Å². The van der Waals surface area contributed by atoms with E-state index in [-0.39, 0.29) is 20.6 Å². The molecule has 0 fully saturated rings. The number of H-pyrrole nitrogens is 1. The molecule has 1 amide bonds. The lowest BCUT2D eigenvalue weighted by Crippen LogP contribution is -2.46. The van der Waals surface area contributed by atoms with E-state index in [1.807, 2.05) is 0 Å². The molecule has 0 saturated heterocycles. The summed E-state index contributed by atoms with van der Waals surface area (Å²) in [5, 5.41) is 49.4. The van der Waals surface area contributed by atoms with E-state index in [0.29, 0.717) is 22.6 Å². The number of aliphatic hydroxyl groups is 4. The molecule has 0 saturated carbocycles. The van der Waals surface area contributed by atoms with Crippen molar-refractivity contribution in [1.29, 1.82) is 0 Å². The van der Waals surface area contributed by atoms with Gasteiger partial charge in [-0.25, -0.2) is 9.37 Å². The van der Waals surface area contributed by atoms with E-state index in [1.165, 1.54) is 30.3 Å². The fourth-order valence-corrected chi connectivity index (χ4v) is 3.52. The SMILES string of the molecule is O=C(NC(c1nc(O)c(CO)s1)C(O)(O)O)c1ccc(-c2ccc(Cl)c(F)c2)[nH]1. The van der Waals surface area contributed by atoms with Crippen LogP contribution in [0.1, 0.15) is 26.4 Å². The van der Waals surface area contributed by atoms with E-state index < -0.39 is 36.2 Å². The minimum atomic E-state index is -3.40. The molecule has 0 aliphatic rings. The van der Waals surface area contributed by atoms with Crippen molar-refractivity contribution in [2.75, 3.05) is 0 Å². The van der Waals surface area contributed by atoms with Gasteiger partial charge in [-0.05, 0) is 24.3 Å². The lowest BCUT2D eigenvalue weighted by atomic mass is 10.1. The Hall–Kier alpha value is -2.54. The van der Waals surface area contributed by atoms with Crippen LogP contribution < -0.4 is 5.32 Å². The van der Waals surface area contributed by atoms with E-state index in [2.05, 4.69) is 15.3 Å². The third-order valence-electron chi connectivity index (χ3n) is 3.91. The Bertz CT molecular complexity index is 1050. The number of aromatic hydroxyl groups is 1. The van der Waals surface area contributed by atoms with Crippen molar-refractivity contribution in [3.05, 3.63) is 56.8 Å². The number of halogens is 2. The van der Waals surface area contributed by atoms with Crippen LogP contribution in [-0.2, 0) is 6.61 Å². The minimum Gasteiger partial charge on any atom is -0.492 e. The zero-order chi connectivity index (χ0) is 21.3. The van der Waals surface area contributed by atoms with E-state index >= 15 is 0 Å². The first-order valence-corrected chi connectivity index (χ1v) is 9.21. The van der Waals surface area contributed by atoms with Crippen molar-refractivity contribution in [1.82, 2.24) is 15.3 Å². The predicted octanol–water partition coefficient (Wildman–Crippen LogP) is 1.23. The number of thiazole rings is 1. The van der Waals surface area contributed by atoms with Crippen LogP contribution in [-0.4, -0.2) is 47.4 Å². The summed E-state index contributed by atoms with van der Waals surface area (Å²) in [6, 6.07) is 5.10. The molecule has 0 bridgehead atoms. The van der Waals surface area contributed by atoms with Crippen molar-refractivity contribution in [2.45, 2.75) is 18.6 Å². The second-order valence-corrected chi connectivity index (χ2v) is 7.49. The smallest absolute Gasteiger partial charge is 0.303 e. The van der Waals surface area contributed by atoms with E-state index in [9.17, 15) is 29.6 Å². The zero-order valence-electron chi connectivity index (χ0n) is 14.4. The number of hydrogen-bond acceptors (Lipinski definition) is 8. The summed E-state index contributed by atoms with van der Waals surface area (Å²) in [4.78, 5) is 18.9. The van der Waals surface area contributed by atoms with Crippen LogP contribution in [0.4, 0.5) is 4.39 Å². The molecule has 0 radical (unpaired) electrons. The average Bonchev–Trinajstić information content (AvgIpc) is 3.27. The Labute approximate surface area is 171 Å². The first kappa shape index (κ1) is 21.2. The van der Waals surface area contributed by atoms with Crippen LogP contribution in [0, 0.1) is 5.82 Å². The molecular formula is C17H15ClFN3O6S. The number of rotatable bonds is 6. The monoisotopic (exact) mass is 443 g/mol. The number of aromatic nitrogens is 2. The normalized spacial score (nSPS) is 12.8. The van der Waals surface area contributed by atoms with E-state index in [1.54, 1.807) is 0 Å². The third kappa shape index (κ3) is 4.56. The number of amides is 1. The van der Waals surface area contributed by atoms with Gasteiger partial charge >= 0.3 is 5.97 Å². The standard InChI is InChI=1S/C17H15ClFN3O6S/c18-8-2-1-7(5-9(8)19)10-3-4-11(20-10)14(24)21-13(17(26,27)28)16-22-15(25)12(6-23)29-16/h1-5,13,20,23,25-28H,6H2,(H,21,24). The van der Waals surface area contributed by atoms with Crippen LogP contribution in [0.3, 0.4) is 0 Å². The third-order valence-corrected chi connectivity index (χ3v) is 5.31. The van der Waals surface area contributed by atoms with Crippen LogP contribution in [0.15, 0.2) is 30.3 Å². The molecule has 1 atom stereocenters. The largest absolute Gasteiger partial charge is 0.492 e. The van der Waals surface area contributed by atoms with Crippen molar-refractivity contribution < 1.29 is 34.7 Å². The fourth-order valence-electron chi connectivity index (χ4n) is 2.48. The van der Waals surface area contributed by atoms with Crippen molar-refractivity contribution >= 4 is 28.8 Å². The van der Waals surface area contributed by atoms with Gasteiger partial charge in [0.2, 0.25) is 5.88 Å². The first-order valence-electron chi connectivity index (χ1n) is 8.02. The Balaban J connectivity index is 1.85. The number of aliphatic hydroxyl groups excluding tert-OH is 1. The summed E-state index contributed by atoms with van der Waals surface area (Å²) in [5.41, 5.74) is 0.772. The Morgan fingerprint density at radius 2 is 2.03 bits per heavy atom. The average molecular weight is 444 g/mol. The van der Waals surface area contributed by atoms with Gasteiger partial charge in [0.15, 0.2) is 6.04 Å². The lowest BCUT2D eigenvalue weighted by molar-refractivity contribution is -0.328. The maximum Gasteiger partial charge on any atom is 0.303 e. The molecule has 3 aromatic rings. The number of nitrogens with one attached hydrogen (secondary N) is 2. The number of carbonyl (C=O) groups is 1. The lowest BCUT2D eigenvalue weighted by Gasteiger charge is -2.24. The molecule has 1 aromatic carbocycles. The Morgan fingerprint density at radius 1 is 1.31 bits per heavy atom. The molecule has 0 aliphatic heterocycles. The highest BCUT2D eigenvalue weighted by molar-refractivity contribution is 7.12. The molecule has 2 aromatic heterocycles. The molecule has 2 heterocycles. The van der Waals surface area contributed by atoms with Crippen molar-refractivity contribution in [2.24, 2.45) is 0 Å². The molecular weight excluding hydrogens is 429 g/mol. The second-order valence-electron chi connectivity index (χ2n) is 5.97. The Morgan fingerprint density at radius 3 is 2.62 bits per heavy atom. The number of nitrogens with zero attached hydrogens (tertiary/aromatic N) is 1. The first-order chi connectivity index (χ1) is 13.6. The maximum absolute atomic E-state index is 13.6. The van der Waals surface area contributed by atoms with Gasteiger partial charge in [-0.2, -0.15) is 0 Å². The highest BCUT2D eigenvalue weighted by Crippen LogP contribution is 2.32. The molecule has 9 nitrogen and oxygen atoms in total. The van der Waals surface area contributed by atoms with Crippen LogP contribution in [0.2, 0.25) is 5.02 Å². The zero-order valence-corrected chi connectivity index (χ0v) is 16.0. The molecule has 3 rings (SSSR count). The molecule has 0 aliphatic carbocycles. The van der Waals surface area contributed by atoms with Gasteiger partial charge in [-0.3, -0.25) is 4.79 Å². The molecule has 1 unspecified atom stereocenters. The van der Waals surface area contributed by atoms with Gasteiger partial charge in [0, 0.05) is 11.3 Å². The summed E-state index contributed by atoms with van der Waals surface area (Å²) in [7, 11) is 0. The van der Waals surface area contributed by atoms with Crippen LogP contribution in [0.5, 0.6) is 5.88 Å². The van der Waals surface area contributed by atoms with Crippen LogP contribution in [0.25, 0.3) is 11.3 Å². The molecule has 12 heteroatoms. The van der Waals surface area contributed by atoms with E-state index in [0.717, 1.165) is 0 Å². The van der Waals surface area contributed by atoms with Gasteiger partial charge in [-0.15, -0.1) is 11.3 Å². The van der Waals surface area contributed by atoms with Gasteiger partial charge in [0.05, 0.1) is 16.5 Å².